The summed E-state index contributed by atoms with van der Waals surface area (Å²) >= 11 is 13.4. The summed E-state index contributed by atoms with van der Waals surface area (Å²) < 4.78 is 5.41. The number of hydrogen-bond donors (Lipinski definition) is 0. The van der Waals surface area contributed by atoms with Crippen molar-refractivity contribution in [2.75, 3.05) is 6.54 Å². The topological polar surface area (TPSA) is 101 Å². The molecule has 0 aromatic heterocycles. The van der Waals surface area contributed by atoms with Gasteiger partial charge >= 0.3 is 5.97 Å². The van der Waals surface area contributed by atoms with E-state index in [-0.39, 0.29) is 31.6 Å². The van der Waals surface area contributed by atoms with Crippen LogP contribution in [0.1, 0.15) is 49.5 Å². The minimum Gasteiger partial charge on any atom is -0.423 e. The number of amides is 3. The molecule has 1 heterocycles. The molecule has 216 valence electrons. The Hall–Kier alpha value is -3.34. The van der Waals surface area contributed by atoms with Gasteiger partial charge in [0.05, 0.1) is 28.0 Å². The Morgan fingerprint density at radius 2 is 1.40 bits per heavy atom. The molecule has 1 saturated carbocycles. The van der Waals surface area contributed by atoms with Gasteiger partial charge in [-0.3, -0.25) is 19.2 Å². The quantitative estimate of drug-likeness (QED) is 0.0974. The van der Waals surface area contributed by atoms with Gasteiger partial charge in [-0.05, 0) is 68.3 Å². The van der Waals surface area contributed by atoms with E-state index in [9.17, 15) is 24.0 Å². The lowest BCUT2D eigenvalue weighted by atomic mass is 9.81. The van der Waals surface area contributed by atoms with E-state index in [0.29, 0.717) is 18.4 Å². The third-order valence-electron chi connectivity index (χ3n) is 7.44. The average molecular weight is 717 g/mol. The van der Waals surface area contributed by atoms with E-state index >= 15 is 0 Å². The Morgan fingerprint density at radius 3 is 1.98 bits per heavy atom. The number of carbonyl (C=O) groups is 5. The molecule has 3 aromatic rings. The number of fused-ring (bicyclic) bond motifs is 1. The van der Waals surface area contributed by atoms with Gasteiger partial charge in [-0.2, -0.15) is 5.01 Å². The summed E-state index contributed by atoms with van der Waals surface area (Å²) in [7, 11) is 0. The fourth-order valence-corrected chi connectivity index (χ4v) is 6.57. The minimum atomic E-state index is -0.747. The molecule has 3 amide bonds. The van der Waals surface area contributed by atoms with Crippen molar-refractivity contribution in [3.63, 3.8) is 0 Å². The number of rotatable bonds is 7. The predicted molar refractivity (Wildman–Crippen MR) is 163 cm³/mol. The fraction of sp³-hybridized carbons (Fsp3) is 0.258. The second kappa shape index (κ2) is 12.5. The SMILES string of the molecule is Cc1ccc(C(=O)Oc2ccc(C(=O)CN(C(=O)c3ccccc3Cl)N3C(=O)[C@H]4C[C@H](Br)[C@@H](Br)C[C@H]4C3=O)cc2)cc1. The Bertz CT molecular complexity index is 1530. The van der Waals surface area contributed by atoms with Crippen molar-refractivity contribution >= 4 is 72.9 Å². The minimum absolute atomic E-state index is 0.0246. The fourth-order valence-electron chi connectivity index (χ4n) is 5.11. The van der Waals surface area contributed by atoms with E-state index in [1.807, 2.05) is 6.92 Å². The normalized spacial score (nSPS) is 21.6. The summed E-state index contributed by atoms with van der Waals surface area (Å²) in [4.78, 5) is 66.7. The molecule has 1 saturated heterocycles. The molecule has 0 radical (unpaired) electrons. The first-order valence-electron chi connectivity index (χ1n) is 13.2. The molecular formula is C31H25Br2ClN2O6. The van der Waals surface area contributed by atoms with Gasteiger partial charge in [0, 0.05) is 15.2 Å². The van der Waals surface area contributed by atoms with Gasteiger partial charge in [-0.1, -0.05) is 73.3 Å². The van der Waals surface area contributed by atoms with Crippen molar-refractivity contribution in [2.24, 2.45) is 11.8 Å². The lowest BCUT2D eigenvalue weighted by Gasteiger charge is -2.30. The first-order valence-corrected chi connectivity index (χ1v) is 15.4. The standard InChI is InChI=1S/C31H25Br2ClN2O6/c1-17-6-8-19(9-7-17)31(41)42-20-12-10-18(11-13-20)27(37)16-35(28(38)21-4-2-3-5-26(21)34)36-29(39)22-14-24(32)25(33)15-23(22)30(36)40/h2-13,22-25H,14-16H2,1H3/t22-,23+,24-,25-/m0/s1. The highest BCUT2D eigenvalue weighted by molar-refractivity contribution is 9.12. The number of carbonyl (C=O) groups excluding carboxylic acids is 5. The van der Waals surface area contributed by atoms with Crippen LogP contribution in [0.25, 0.3) is 0 Å². The molecule has 3 aromatic carbocycles. The number of ether oxygens (including phenoxy) is 1. The van der Waals surface area contributed by atoms with Crippen LogP contribution in [0, 0.1) is 18.8 Å². The van der Waals surface area contributed by atoms with Crippen molar-refractivity contribution in [3.05, 3.63) is 100 Å². The van der Waals surface area contributed by atoms with Gasteiger partial charge < -0.3 is 4.74 Å². The van der Waals surface area contributed by atoms with E-state index in [0.717, 1.165) is 15.6 Å². The summed E-state index contributed by atoms with van der Waals surface area (Å²) in [5, 5.41) is 1.84. The number of aryl methyl sites for hydroxylation is 1. The van der Waals surface area contributed by atoms with Crippen LogP contribution >= 0.6 is 43.5 Å². The van der Waals surface area contributed by atoms with Crippen LogP contribution in [-0.2, 0) is 9.59 Å². The zero-order valence-electron chi connectivity index (χ0n) is 22.3. The van der Waals surface area contributed by atoms with Gasteiger partial charge in [-0.15, -0.1) is 0 Å². The lowest BCUT2D eigenvalue weighted by Crippen LogP contribution is -2.52. The Labute approximate surface area is 264 Å². The molecule has 0 unspecified atom stereocenters. The Morgan fingerprint density at radius 1 is 0.857 bits per heavy atom. The molecule has 4 atom stereocenters. The average Bonchev–Trinajstić information content (AvgIpc) is 3.20. The summed E-state index contributed by atoms with van der Waals surface area (Å²) in [6.45, 7) is 1.33. The molecule has 8 nitrogen and oxygen atoms in total. The van der Waals surface area contributed by atoms with Crippen LogP contribution in [0.15, 0.2) is 72.8 Å². The maximum absolute atomic E-state index is 13.7. The number of nitrogens with zero attached hydrogens (tertiary/aromatic N) is 2. The van der Waals surface area contributed by atoms with E-state index in [1.54, 1.807) is 36.4 Å². The number of hydrogen-bond acceptors (Lipinski definition) is 6. The highest BCUT2D eigenvalue weighted by atomic mass is 79.9. The van der Waals surface area contributed by atoms with Gasteiger partial charge in [0.15, 0.2) is 5.78 Å². The van der Waals surface area contributed by atoms with Crippen LogP contribution in [0.4, 0.5) is 0 Å². The maximum Gasteiger partial charge on any atom is 0.343 e. The molecule has 1 aliphatic carbocycles. The highest BCUT2D eigenvalue weighted by Gasteiger charge is 2.54. The van der Waals surface area contributed by atoms with Crippen LogP contribution in [0.2, 0.25) is 5.02 Å². The largest absolute Gasteiger partial charge is 0.423 e. The number of halogens is 3. The molecule has 0 bridgehead atoms. The molecule has 1 aliphatic heterocycles. The molecule has 5 rings (SSSR count). The first kappa shape index (κ1) is 30.1. The molecule has 2 fully saturated rings. The summed E-state index contributed by atoms with van der Waals surface area (Å²) in [6.07, 6.45) is 0.818. The lowest BCUT2D eigenvalue weighted by molar-refractivity contribution is -0.154. The number of imide groups is 1. The van der Waals surface area contributed by atoms with Gasteiger partial charge in [-0.25, -0.2) is 9.80 Å². The van der Waals surface area contributed by atoms with Crippen molar-refractivity contribution in [1.29, 1.82) is 0 Å². The van der Waals surface area contributed by atoms with Crippen LogP contribution < -0.4 is 4.74 Å². The number of hydrazine groups is 1. The smallest absolute Gasteiger partial charge is 0.343 e. The number of benzene rings is 3. The molecule has 2 aliphatic rings. The molecule has 0 spiro atoms. The molecule has 0 N–H and O–H groups in total. The molecule has 11 heteroatoms. The third kappa shape index (κ3) is 6.07. The Balaban J connectivity index is 1.38. The van der Waals surface area contributed by atoms with Crippen LogP contribution in [0.3, 0.4) is 0 Å². The third-order valence-corrected chi connectivity index (χ3v) is 10.5. The summed E-state index contributed by atoms with van der Waals surface area (Å²) in [5.74, 6) is -3.88. The number of ketones is 1. The monoisotopic (exact) mass is 714 g/mol. The second-order valence-corrected chi connectivity index (χ2v) is 13.0. The molecular weight excluding hydrogens is 692 g/mol. The van der Waals surface area contributed by atoms with Crippen molar-refractivity contribution in [2.45, 2.75) is 29.4 Å². The van der Waals surface area contributed by atoms with Crippen molar-refractivity contribution < 1.29 is 28.7 Å². The van der Waals surface area contributed by atoms with Gasteiger partial charge in [0.25, 0.3) is 17.7 Å². The highest BCUT2D eigenvalue weighted by Crippen LogP contribution is 2.43. The summed E-state index contributed by atoms with van der Waals surface area (Å²) in [6, 6.07) is 19.0. The van der Waals surface area contributed by atoms with Crippen LogP contribution in [0.5, 0.6) is 5.75 Å². The summed E-state index contributed by atoms with van der Waals surface area (Å²) in [5.41, 5.74) is 1.64. The Kier molecular flexibility index (Phi) is 8.96. The van der Waals surface area contributed by atoms with Crippen molar-refractivity contribution in [3.8, 4) is 5.75 Å². The van der Waals surface area contributed by atoms with Crippen molar-refractivity contribution in [1.82, 2.24) is 10.0 Å². The van der Waals surface area contributed by atoms with Crippen LogP contribution in [-0.4, -0.2) is 55.7 Å². The first-order chi connectivity index (χ1) is 20.0. The van der Waals surface area contributed by atoms with E-state index in [2.05, 4.69) is 31.9 Å². The van der Waals surface area contributed by atoms with Gasteiger partial charge in [0.2, 0.25) is 0 Å². The van der Waals surface area contributed by atoms with E-state index in [1.165, 1.54) is 36.4 Å². The zero-order chi connectivity index (χ0) is 30.1. The number of Topliss-reactive ketones (excluding diaryl/α,β-unsaturated/α-hetero) is 1. The predicted octanol–water partition coefficient (Wildman–Crippen LogP) is 6.03. The zero-order valence-corrected chi connectivity index (χ0v) is 26.3. The van der Waals surface area contributed by atoms with E-state index in [4.69, 9.17) is 16.3 Å². The second-order valence-electron chi connectivity index (χ2n) is 10.3. The maximum atomic E-state index is 13.7. The number of esters is 1. The van der Waals surface area contributed by atoms with Gasteiger partial charge in [0.1, 0.15) is 12.3 Å². The molecule has 42 heavy (non-hydrogen) atoms. The number of alkyl halides is 2. The van der Waals surface area contributed by atoms with E-state index < -0.39 is 47.9 Å².